The molecule has 0 spiro atoms. The third-order valence-corrected chi connectivity index (χ3v) is 3.07. The number of rotatable bonds is 3. The number of hydrogen-bond donors (Lipinski definition) is 0. The van der Waals surface area contributed by atoms with E-state index in [1.54, 1.807) is 0 Å². The highest BCUT2D eigenvalue weighted by Gasteiger charge is 2.26. The number of ether oxygens (including phenoxy) is 2. The van der Waals surface area contributed by atoms with E-state index in [-0.39, 0.29) is 12.0 Å². The molecule has 0 aromatic heterocycles. The normalized spacial score (nSPS) is 33.1. The fourth-order valence-electron chi connectivity index (χ4n) is 2.19. The van der Waals surface area contributed by atoms with Gasteiger partial charge in [0.2, 0.25) is 0 Å². The summed E-state index contributed by atoms with van der Waals surface area (Å²) < 4.78 is 10.8. The molecule has 0 amide bonds. The average molecular weight is 198 g/mol. The van der Waals surface area contributed by atoms with Crippen molar-refractivity contribution in [3.8, 4) is 0 Å². The quantitative estimate of drug-likeness (QED) is 0.690. The minimum Gasteiger partial charge on any atom is -0.381 e. The van der Waals surface area contributed by atoms with Gasteiger partial charge in [-0.1, -0.05) is 0 Å². The Morgan fingerprint density at radius 2 is 2.07 bits per heavy atom. The van der Waals surface area contributed by atoms with Crippen molar-refractivity contribution in [2.45, 2.75) is 38.2 Å². The number of ketones is 1. The molecule has 0 N–H and O–H groups in total. The fraction of sp³-hybridized carbons (Fsp3) is 0.909. The van der Waals surface area contributed by atoms with Gasteiger partial charge in [0.15, 0.2) is 0 Å². The van der Waals surface area contributed by atoms with Crippen LogP contribution in [0.5, 0.6) is 0 Å². The molecule has 2 saturated heterocycles. The molecule has 2 fully saturated rings. The summed E-state index contributed by atoms with van der Waals surface area (Å²) in [5, 5.41) is 0. The standard InChI is InChI=1S/C11H18O3/c12-11(7-10-4-2-6-14-10)9-3-1-5-13-8-9/h9-10H,1-8H2. The van der Waals surface area contributed by atoms with Crippen LogP contribution >= 0.6 is 0 Å². The Labute approximate surface area is 84.8 Å². The summed E-state index contributed by atoms with van der Waals surface area (Å²) in [6, 6.07) is 0. The number of hydrogen-bond acceptors (Lipinski definition) is 3. The van der Waals surface area contributed by atoms with E-state index < -0.39 is 0 Å². The fourth-order valence-corrected chi connectivity index (χ4v) is 2.19. The van der Waals surface area contributed by atoms with E-state index in [0.717, 1.165) is 38.9 Å². The third kappa shape index (κ3) is 2.55. The Balaban J connectivity index is 1.75. The summed E-state index contributed by atoms with van der Waals surface area (Å²) in [6.07, 6.45) is 5.00. The van der Waals surface area contributed by atoms with Crippen molar-refractivity contribution < 1.29 is 14.3 Å². The molecule has 80 valence electrons. The lowest BCUT2D eigenvalue weighted by atomic mass is 9.93. The molecule has 3 nitrogen and oxygen atoms in total. The van der Waals surface area contributed by atoms with Crippen molar-refractivity contribution in [1.29, 1.82) is 0 Å². The van der Waals surface area contributed by atoms with Gasteiger partial charge in [-0.15, -0.1) is 0 Å². The van der Waals surface area contributed by atoms with Crippen LogP contribution in [0.15, 0.2) is 0 Å². The van der Waals surface area contributed by atoms with Crippen LogP contribution < -0.4 is 0 Å². The molecular formula is C11H18O3. The highest BCUT2D eigenvalue weighted by Crippen LogP contribution is 2.21. The molecule has 2 aliphatic rings. The largest absolute Gasteiger partial charge is 0.381 e. The van der Waals surface area contributed by atoms with Crippen molar-refractivity contribution in [2.75, 3.05) is 19.8 Å². The maximum Gasteiger partial charge on any atom is 0.140 e. The van der Waals surface area contributed by atoms with Crippen molar-refractivity contribution >= 4 is 5.78 Å². The van der Waals surface area contributed by atoms with Gasteiger partial charge in [-0.3, -0.25) is 4.79 Å². The second kappa shape index (κ2) is 4.89. The molecular weight excluding hydrogens is 180 g/mol. The minimum absolute atomic E-state index is 0.146. The molecule has 2 atom stereocenters. The first-order valence-electron chi connectivity index (χ1n) is 5.58. The topological polar surface area (TPSA) is 35.5 Å². The summed E-state index contributed by atoms with van der Waals surface area (Å²) in [7, 11) is 0. The van der Waals surface area contributed by atoms with Crippen LogP contribution in [0.1, 0.15) is 32.1 Å². The van der Waals surface area contributed by atoms with E-state index in [1.807, 2.05) is 0 Å². The number of carbonyl (C=O) groups is 1. The van der Waals surface area contributed by atoms with Gasteiger partial charge in [-0.05, 0) is 25.7 Å². The number of Topliss-reactive ketones (excluding diaryl/α,β-unsaturated/α-hetero) is 1. The van der Waals surface area contributed by atoms with E-state index in [1.165, 1.54) is 0 Å². The zero-order valence-electron chi connectivity index (χ0n) is 8.54. The van der Waals surface area contributed by atoms with Gasteiger partial charge in [0.25, 0.3) is 0 Å². The van der Waals surface area contributed by atoms with Crippen LogP contribution in [0, 0.1) is 5.92 Å². The zero-order chi connectivity index (χ0) is 9.80. The highest BCUT2D eigenvalue weighted by atomic mass is 16.5. The summed E-state index contributed by atoms with van der Waals surface area (Å²) in [6.45, 7) is 2.29. The van der Waals surface area contributed by atoms with Crippen molar-refractivity contribution in [3.63, 3.8) is 0 Å². The maximum atomic E-state index is 11.8. The van der Waals surface area contributed by atoms with E-state index >= 15 is 0 Å². The van der Waals surface area contributed by atoms with Crippen LogP contribution in [0.4, 0.5) is 0 Å². The molecule has 3 heteroatoms. The van der Waals surface area contributed by atoms with Crippen LogP contribution in [-0.4, -0.2) is 31.7 Å². The van der Waals surface area contributed by atoms with Crippen LogP contribution in [0.3, 0.4) is 0 Å². The van der Waals surface area contributed by atoms with Crippen molar-refractivity contribution in [1.82, 2.24) is 0 Å². The van der Waals surface area contributed by atoms with E-state index in [2.05, 4.69) is 0 Å². The zero-order valence-corrected chi connectivity index (χ0v) is 8.54. The number of carbonyl (C=O) groups excluding carboxylic acids is 1. The Kier molecular flexibility index (Phi) is 3.54. The Morgan fingerprint density at radius 3 is 2.71 bits per heavy atom. The van der Waals surface area contributed by atoms with E-state index in [4.69, 9.17) is 9.47 Å². The SMILES string of the molecule is O=C(CC1CCCO1)C1CCCOC1. The third-order valence-electron chi connectivity index (χ3n) is 3.07. The predicted octanol–water partition coefficient (Wildman–Crippen LogP) is 1.55. The first-order valence-corrected chi connectivity index (χ1v) is 5.58. The van der Waals surface area contributed by atoms with Crippen LogP contribution in [-0.2, 0) is 14.3 Å². The predicted molar refractivity (Wildman–Crippen MR) is 52.1 cm³/mol. The van der Waals surface area contributed by atoms with Gasteiger partial charge >= 0.3 is 0 Å². The first-order chi connectivity index (χ1) is 6.86. The van der Waals surface area contributed by atoms with Gasteiger partial charge in [-0.2, -0.15) is 0 Å². The van der Waals surface area contributed by atoms with Gasteiger partial charge in [0, 0.05) is 25.6 Å². The van der Waals surface area contributed by atoms with E-state index in [9.17, 15) is 4.79 Å². The molecule has 0 aromatic rings. The smallest absolute Gasteiger partial charge is 0.140 e. The molecule has 0 aliphatic carbocycles. The molecule has 2 aliphatic heterocycles. The first kappa shape index (κ1) is 10.1. The molecule has 0 aromatic carbocycles. The molecule has 2 unspecified atom stereocenters. The lowest BCUT2D eigenvalue weighted by Crippen LogP contribution is -2.27. The van der Waals surface area contributed by atoms with Crippen LogP contribution in [0.25, 0.3) is 0 Å². The van der Waals surface area contributed by atoms with Gasteiger partial charge in [0.1, 0.15) is 5.78 Å². The molecule has 0 saturated carbocycles. The molecule has 2 rings (SSSR count). The monoisotopic (exact) mass is 198 g/mol. The molecule has 2 heterocycles. The lowest BCUT2D eigenvalue weighted by molar-refractivity contribution is -0.128. The van der Waals surface area contributed by atoms with Crippen LogP contribution in [0.2, 0.25) is 0 Å². The lowest BCUT2D eigenvalue weighted by Gasteiger charge is -2.21. The molecule has 14 heavy (non-hydrogen) atoms. The Hall–Kier alpha value is -0.410. The van der Waals surface area contributed by atoms with Crippen molar-refractivity contribution in [2.24, 2.45) is 5.92 Å². The second-order valence-corrected chi connectivity index (χ2v) is 4.22. The van der Waals surface area contributed by atoms with Crippen molar-refractivity contribution in [3.05, 3.63) is 0 Å². The maximum absolute atomic E-state index is 11.8. The molecule has 0 radical (unpaired) electrons. The Bertz CT molecular complexity index is 191. The summed E-state index contributed by atoms with van der Waals surface area (Å²) in [5.41, 5.74) is 0. The second-order valence-electron chi connectivity index (χ2n) is 4.22. The summed E-state index contributed by atoms with van der Waals surface area (Å²) >= 11 is 0. The van der Waals surface area contributed by atoms with E-state index in [0.29, 0.717) is 18.8 Å². The Morgan fingerprint density at radius 1 is 1.21 bits per heavy atom. The molecule has 0 bridgehead atoms. The summed E-state index contributed by atoms with van der Waals surface area (Å²) in [5.74, 6) is 0.490. The van der Waals surface area contributed by atoms with Gasteiger partial charge in [0.05, 0.1) is 12.7 Å². The minimum atomic E-state index is 0.146. The van der Waals surface area contributed by atoms with Gasteiger partial charge < -0.3 is 9.47 Å². The summed E-state index contributed by atoms with van der Waals surface area (Å²) in [4.78, 5) is 11.8. The van der Waals surface area contributed by atoms with Gasteiger partial charge in [-0.25, -0.2) is 0 Å². The highest BCUT2D eigenvalue weighted by molar-refractivity contribution is 5.81. The average Bonchev–Trinajstić information content (AvgIpc) is 2.72.